The van der Waals surface area contributed by atoms with Gasteiger partial charge in [0.1, 0.15) is 5.00 Å². The van der Waals surface area contributed by atoms with Gasteiger partial charge in [0.05, 0.1) is 23.6 Å². The maximum Gasteiger partial charge on any atom is 0.341 e. The zero-order valence-corrected chi connectivity index (χ0v) is 14.9. The predicted octanol–water partition coefficient (Wildman–Crippen LogP) is 3.74. The third-order valence-electron chi connectivity index (χ3n) is 3.67. The fourth-order valence-electron chi connectivity index (χ4n) is 2.23. The van der Waals surface area contributed by atoms with Gasteiger partial charge in [-0.25, -0.2) is 4.79 Å². The zero-order valence-electron chi connectivity index (χ0n) is 14.1. The van der Waals surface area contributed by atoms with Crippen LogP contribution in [0.1, 0.15) is 38.1 Å². The standard InChI is InChI=1S/C17H18N2O5S/c1-4-24-17(21)15-10(2)11(3)25-16(15)18-9-14(20)12-5-7-13(8-6-12)19(22)23/h5-8,18H,4,9H2,1-3H3. The fourth-order valence-corrected chi connectivity index (χ4v) is 3.28. The van der Waals surface area contributed by atoms with E-state index < -0.39 is 10.9 Å². The summed E-state index contributed by atoms with van der Waals surface area (Å²) in [7, 11) is 0. The Bertz CT molecular complexity index is 811. The third-order valence-corrected chi connectivity index (χ3v) is 4.84. The van der Waals surface area contributed by atoms with Crippen molar-refractivity contribution >= 4 is 33.8 Å². The average molecular weight is 362 g/mol. The largest absolute Gasteiger partial charge is 0.462 e. The molecule has 0 amide bonds. The van der Waals surface area contributed by atoms with Crippen molar-refractivity contribution in [3.05, 3.63) is 55.9 Å². The average Bonchev–Trinajstić information content (AvgIpc) is 2.87. The first-order valence-electron chi connectivity index (χ1n) is 7.63. The highest BCUT2D eigenvalue weighted by Gasteiger charge is 2.21. The van der Waals surface area contributed by atoms with Crippen LogP contribution in [0, 0.1) is 24.0 Å². The first-order valence-corrected chi connectivity index (χ1v) is 8.45. The second-order valence-corrected chi connectivity index (χ2v) is 6.51. The van der Waals surface area contributed by atoms with Gasteiger partial charge in [-0.3, -0.25) is 14.9 Å². The van der Waals surface area contributed by atoms with Gasteiger partial charge in [0, 0.05) is 22.6 Å². The Kier molecular flexibility index (Phi) is 5.87. The molecule has 0 spiro atoms. The van der Waals surface area contributed by atoms with E-state index in [0.717, 1.165) is 10.4 Å². The maximum atomic E-state index is 12.3. The van der Waals surface area contributed by atoms with Gasteiger partial charge in [-0.05, 0) is 38.5 Å². The van der Waals surface area contributed by atoms with Crippen LogP contribution in [-0.4, -0.2) is 29.8 Å². The van der Waals surface area contributed by atoms with Gasteiger partial charge in [0.2, 0.25) is 0 Å². The third kappa shape index (κ3) is 4.21. The van der Waals surface area contributed by atoms with Crippen LogP contribution >= 0.6 is 11.3 Å². The molecule has 0 bridgehead atoms. The predicted molar refractivity (Wildman–Crippen MR) is 95.7 cm³/mol. The number of ether oxygens (including phenoxy) is 1. The summed E-state index contributed by atoms with van der Waals surface area (Å²) in [5.74, 6) is -0.650. The number of hydrogen-bond acceptors (Lipinski definition) is 7. The minimum atomic E-state index is -0.519. The van der Waals surface area contributed by atoms with Crippen LogP contribution < -0.4 is 5.32 Å². The van der Waals surface area contributed by atoms with E-state index in [4.69, 9.17) is 4.74 Å². The topological polar surface area (TPSA) is 98.5 Å². The fraction of sp³-hybridized carbons (Fsp3) is 0.294. The van der Waals surface area contributed by atoms with Crippen LogP contribution in [0.4, 0.5) is 10.7 Å². The summed E-state index contributed by atoms with van der Waals surface area (Å²) in [5.41, 5.74) is 1.56. The highest BCUT2D eigenvalue weighted by molar-refractivity contribution is 7.16. The summed E-state index contributed by atoms with van der Waals surface area (Å²) in [6, 6.07) is 5.41. The Labute approximate surface area is 148 Å². The van der Waals surface area contributed by atoms with Crippen molar-refractivity contribution in [1.82, 2.24) is 0 Å². The number of hydrogen-bond donors (Lipinski definition) is 1. The molecule has 0 unspecified atom stereocenters. The number of thiophene rings is 1. The van der Waals surface area contributed by atoms with Crippen molar-refractivity contribution in [1.29, 1.82) is 0 Å². The van der Waals surface area contributed by atoms with Crippen LogP contribution in [-0.2, 0) is 4.74 Å². The van der Waals surface area contributed by atoms with Crippen LogP contribution in [0.5, 0.6) is 0 Å². The SMILES string of the molecule is CCOC(=O)c1c(NCC(=O)c2ccc([N+](=O)[O-])cc2)sc(C)c1C. The Balaban J connectivity index is 2.13. The molecule has 0 aliphatic carbocycles. The number of rotatable bonds is 7. The van der Waals surface area contributed by atoms with Crippen molar-refractivity contribution < 1.29 is 19.2 Å². The Morgan fingerprint density at radius 2 is 1.88 bits per heavy atom. The molecule has 8 heteroatoms. The van der Waals surface area contributed by atoms with Crippen LogP contribution in [0.25, 0.3) is 0 Å². The molecular weight excluding hydrogens is 344 g/mol. The summed E-state index contributed by atoms with van der Waals surface area (Å²) in [6.07, 6.45) is 0. The number of non-ortho nitro benzene ring substituents is 1. The number of ketones is 1. The Morgan fingerprint density at radius 1 is 1.24 bits per heavy atom. The maximum absolute atomic E-state index is 12.3. The lowest BCUT2D eigenvalue weighted by atomic mass is 10.1. The number of benzene rings is 1. The smallest absolute Gasteiger partial charge is 0.341 e. The Hall–Kier alpha value is -2.74. The summed E-state index contributed by atoms with van der Waals surface area (Å²) >= 11 is 1.39. The van der Waals surface area contributed by atoms with E-state index in [2.05, 4.69) is 5.32 Å². The lowest BCUT2D eigenvalue weighted by Crippen LogP contribution is -2.16. The van der Waals surface area contributed by atoms with Crippen molar-refractivity contribution in [3.63, 3.8) is 0 Å². The van der Waals surface area contributed by atoms with Crippen molar-refractivity contribution in [3.8, 4) is 0 Å². The number of Topliss-reactive ketones (excluding diaryl/α,β-unsaturated/α-hetero) is 1. The molecule has 7 nitrogen and oxygen atoms in total. The van der Waals surface area contributed by atoms with Gasteiger partial charge in [-0.15, -0.1) is 11.3 Å². The molecule has 1 aromatic heterocycles. The van der Waals surface area contributed by atoms with Gasteiger partial charge < -0.3 is 10.1 Å². The van der Waals surface area contributed by atoms with E-state index >= 15 is 0 Å². The van der Waals surface area contributed by atoms with Crippen molar-refractivity contribution in [2.75, 3.05) is 18.5 Å². The molecule has 132 valence electrons. The van der Waals surface area contributed by atoms with E-state index in [-0.39, 0.29) is 24.6 Å². The molecule has 25 heavy (non-hydrogen) atoms. The molecule has 1 aromatic carbocycles. The number of anilines is 1. The van der Waals surface area contributed by atoms with E-state index in [1.165, 1.54) is 35.6 Å². The van der Waals surface area contributed by atoms with Crippen LogP contribution in [0.2, 0.25) is 0 Å². The van der Waals surface area contributed by atoms with Crippen molar-refractivity contribution in [2.24, 2.45) is 0 Å². The number of nitro benzene ring substituents is 1. The number of nitrogens with one attached hydrogen (secondary N) is 1. The molecule has 0 radical (unpaired) electrons. The van der Waals surface area contributed by atoms with Crippen LogP contribution in [0.15, 0.2) is 24.3 Å². The van der Waals surface area contributed by atoms with E-state index in [1.54, 1.807) is 6.92 Å². The lowest BCUT2D eigenvalue weighted by molar-refractivity contribution is -0.384. The molecule has 0 saturated heterocycles. The molecule has 0 fully saturated rings. The minimum Gasteiger partial charge on any atom is -0.462 e. The number of nitro groups is 1. The second-order valence-electron chi connectivity index (χ2n) is 5.29. The highest BCUT2D eigenvalue weighted by Crippen LogP contribution is 2.33. The first kappa shape index (κ1) is 18.6. The highest BCUT2D eigenvalue weighted by atomic mass is 32.1. The van der Waals surface area contributed by atoms with Gasteiger partial charge in [-0.1, -0.05) is 0 Å². The lowest BCUT2D eigenvalue weighted by Gasteiger charge is -2.07. The molecule has 0 atom stereocenters. The molecule has 1 heterocycles. The quantitative estimate of drug-likeness (QED) is 0.349. The van der Waals surface area contributed by atoms with Gasteiger partial charge >= 0.3 is 5.97 Å². The molecular formula is C17H18N2O5S. The van der Waals surface area contributed by atoms with Crippen LogP contribution in [0.3, 0.4) is 0 Å². The second kappa shape index (κ2) is 7.89. The first-order chi connectivity index (χ1) is 11.8. The zero-order chi connectivity index (χ0) is 18.6. The summed E-state index contributed by atoms with van der Waals surface area (Å²) in [4.78, 5) is 35.5. The molecule has 0 aliphatic heterocycles. The normalized spacial score (nSPS) is 10.4. The van der Waals surface area contributed by atoms with E-state index in [0.29, 0.717) is 16.1 Å². The minimum absolute atomic E-state index is 0.0242. The summed E-state index contributed by atoms with van der Waals surface area (Å²) in [5, 5.41) is 14.2. The molecule has 1 N–H and O–H groups in total. The molecule has 2 aromatic rings. The number of carbonyl (C=O) groups is 2. The van der Waals surface area contributed by atoms with E-state index in [9.17, 15) is 19.7 Å². The van der Waals surface area contributed by atoms with Crippen molar-refractivity contribution in [2.45, 2.75) is 20.8 Å². The van der Waals surface area contributed by atoms with Gasteiger partial charge in [-0.2, -0.15) is 0 Å². The molecule has 2 rings (SSSR count). The molecule has 0 aliphatic rings. The van der Waals surface area contributed by atoms with Gasteiger partial charge in [0.15, 0.2) is 5.78 Å². The number of esters is 1. The number of carbonyl (C=O) groups excluding carboxylic acids is 2. The summed E-state index contributed by atoms with van der Waals surface area (Å²) in [6.45, 7) is 5.71. The molecule has 0 saturated carbocycles. The van der Waals surface area contributed by atoms with E-state index in [1.807, 2.05) is 13.8 Å². The monoisotopic (exact) mass is 362 g/mol. The summed E-state index contributed by atoms with van der Waals surface area (Å²) < 4.78 is 5.07. The number of aryl methyl sites for hydroxylation is 1. The number of nitrogens with zero attached hydrogens (tertiary/aromatic N) is 1. The van der Waals surface area contributed by atoms with Gasteiger partial charge in [0.25, 0.3) is 5.69 Å². The Morgan fingerprint density at radius 3 is 2.44 bits per heavy atom.